The fourth-order valence-corrected chi connectivity index (χ4v) is 5.84. The molecule has 0 bridgehead atoms. The van der Waals surface area contributed by atoms with Crippen LogP contribution in [0.15, 0.2) is 28.9 Å². The number of ether oxygens (including phenoxy) is 1. The number of rotatable bonds is 6. The average molecular weight is 459 g/mol. The van der Waals surface area contributed by atoms with Gasteiger partial charge in [-0.15, -0.1) is 11.3 Å². The van der Waals surface area contributed by atoms with Gasteiger partial charge >= 0.3 is 0 Å². The van der Waals surface area contributed by atoms with Crippen molar-refractivity contribution in [2.75, 3.05) is 18.5 Å². The fraction of sp³-hybridized carbons (Fsp3) is 0.391. The fourth-order valence-electron chi connectivity index (χ4n) is 4.37. The maximum Gasteiger partial charge on any atom is 0.254 e. The summed E-state index contributed by atoms with van der Waals surface area (Å²) in [6.07, 6.45) is 6.68. The smallest absolute Gasteiger partial charge is 0.254 e. The van der Waals surface area contributed by atoms with Gasteiger partial charge in [0.2, 0.25) is 5.91 Å². The summed E-state index contributed by atoms with van der Waals surface area (Å²) in [7, 11) is 0. The van der Waals surface area contributed by atoms with Crippen molar-refractivity contribution in [1.82, 2.24) is 5.32 Å². The number of carbonyl (C=O) groups is 2. The van der Waals surface area contributed by atoms with Crippen LogP contribution in [0.4, 0.5) is 5.00 Å². The minimum Gasteiger partial charge on any atom is -0.464 e. The lowest BCUT2D eigenvalue weighted by atomic mass is 10.1. The molecule has 2 amide bonds. The van der Waals surface area contributed by atoms with Crippen molar-refractivity contribution in [2.45, 2.75) is 44.6 Å². The predicted octanol–water partition coefficient (Wildman–Crippen LogP) is 4.73. The van der Waals surface area contributed by atoms with Gasteiger partial charge < -0.3 is 19.8 Å². The van der Waals surface area contributed by atoms with E-state index in [1.165, 1.54) is 16.2 Å². The first-order valence-corrected chi connectivity index (χ1v) is 11.8. The number of carbonyl (C=O) groups excluding carboxylic acids is 2. The third kappa shape index (κ3) is 4.22. The number of nitrogens with one attached hydrogen (secondary N) is 2. The first-order chi connectivity index (χ1) is 15.1. The molecule has 1 aromatic carbocycles. The van der Waals surface area contributed by atoms with Crippen molar-refractivity contribution in [3.63, 3.8) is 0 Å². The second kappa shape index (κ2) is 8.65. The molecule has 1 atom stereocenters. The summed E-state index contributed by atoms with van der Waals surface area (Å²) in [5, 5.41) is 8.04. The van der Waals surface area contributed by atoms with Crippen LogP contribution in [-0.4, -0.2) is 31.1 Å². The van der Waals surface area contributed by atoms with E-state index in [1.54, 1.807) is 24.5 Å². The van der Waals surface area contributed by atoms with E-state index in [0.29, 0.717) is 27.7 Å². The van der Waals surface area contributed by atoms with Gasteiger partial charge in [-0.1, -0.05) is 11.6 Å². The Hall–Kier alpha value is -2.35. The first kappa shape index (κ1) is 20.5. The molecule has 6 nitrogen and oxygen atoms in total. The summed E-state index contributed by atoms with van der Waals surface area (Å²) in [5.74, 6) is -0.318. The maximum atomic E-state index is 13.0. The number of furan rings is 1. The molecule has 0 saturated carbocycles. The molecule has 1 saturated heterocycles. The van der Waals surface area contributed by atoms with Gasteiger partial charge in [0.1, 0.15) is 10.6 Å². The molecule has 1 aliphatic carbocycles. The van der Waals surface area contributed by atoms with Crippen LogP contribution in [0.1, 0.15) is 45.6 Å². The molecular formula is C23H23ClN2O4S. The van der Waals surface area contributed by atoms with E-state index in [0.717, 1.165) is 55.2 Å². The zero-order chi connectivity index (χ0) is 21.4. The largest absolute Gasteiger partial charge is 0.464 e. The van der Waals surface area contributed by atoms with Gasteiger partial charge in [0.05, 0.1) is 24.4 Å². The Balaban J connectivity index is 1.33. The monoisotopic (exact) mass is 458 g/mol. The Labute approximate surface area is 188 Å². The van der Waals surface area contributed by atoms with Crippen LogP contribution in [0.25, 0.3) is 11.0 Å². The molecule has 5 rings (SSSR count). The Morgan fingerprint density at radius 1 is 1.23 bits per heavy atom. The van der Waals surface area contributed by atoms with Gasteiger partial charge in [0, 0.05) is 34.0 Å². The van der Waals surface area contributed by atoms with Crippen molar-refractivity contribution < 1.29 is 18.7 Å². The van der Waals surface area contributed by atoms with E-state index in [1.807, 2.05) is 0 Å². The lowest BCUT2D eigenvalue weighted by Crippen LogP contribution is -2.32. The maximum absolute atomic E-state index is 13.0. The van der Waals surface area contributed by atoms with Gasteiger partial charge in [0.15, 0.2) is 0 Å². The number of hydrogen-bond donors (Lipinski definition) is 2. The number of fused-ring (bicyclic) bond motifs is 2. The first-order valence-electron chi connectivity index (χ1n) is 10.6. The van der Waals surface area contributed by atoms with Crippen LogP contribution < -0.4 is 10.6 Å². The van der Waals surface area contributed by atoms with Crippen LogP contribution >= 0.6 is 22.9 Å². The Bertz CT molecular complexity index is 1150. The zero-order valence-corrected chi connectivity index (χ0v) is 18.5. The van der Waals surface area contributed by atoms with Crippen LogP contribution in [0, 0.1) is 0 Å². The Morgan fingerprint density at radius 3 is 2.97 bits per heavy atom. The lowest BCUT2D eigenvalue weighted by molar-refractivity contribution is -0.115. The highest BCUT2D eigenvalue weighted by molar-refractivity contribution is 7.17. The molecule has 3 heterocycles. The molecule has 8 heteroatoms. The standard InChI is InChI=1S/C23H23ClN2O4S/c24-14-6-7-18-17(10-14)13(12-30-18)9-20(27)26-23-21(16-4-1-5-19(16)31-23)22(28)25-11-15-3-2-8-29-15/h6-7,10,12,15H,1-5,8-9,11H2,(H,25,28)(H,26,27). The minimum atomic E-state index is -0.184. The van der Waals surface area contributed by atoms with Crippen LogP contribution in [0.5, 0.6) is 0 Å². The number of aryl methyl sites for hydroxylation is 1. The summed E-state index contributed by atoms with van der Waals surface area (Å²) in [6, 6.07) is 5.35. The van der Waals surface area contributed by atoms with Crippen molar-refractivity contribution in [3.05, 3.63) is 51.1 Å². The van der Waals surface area contributed by atoms with Crippen LogP contribution in [-0.2, 0) is 28.8 Å². The molecule has 1 fully saturated rings. The highest BCUT2D eigenvalue weighted by Gasteiger charge is 2.28. The lowest BCUT2D eigenvalue weighted by Gasteiger charge is -2.12. The molecule has 0 radical (unpaired) electrons. The van der Waals surface area contributed by atoms with E-state index in [9.17, 15) is 9.59 Å². The summed E-state index contributed by atoms with van der Waals surface area (Å²) in [4.78, 5) is 27.1. The van der Waals surface area contributed by atoms with Gasteiger partial charge in [-0.2, -0.15) is 0 Å². The van der Waals surface area contributed by atoms with Gasteiger partial charge in [-0.3, -0.25) is 9.59 Å². The average Bonchev–Trinajstić information content (AvgIpc) is 3.51. The molecule has 2 N–H and O–H groups in total. The molecule has 0 spiro atoms. The summed E-state index contributed by atoms with van der Waals surface area (Å²) >= 11 is 7.61. The third-order valence-corrected chi connectivity index (χ3v) is 7.32. The molecular weight excluding hydrogens is 436 g/mol. The summed E-state index contributed by atoms with van der Waals surface area (Å²) in [5.41, 5.74) is 3.15. The van der Waals surface area contributed by atoms with Crippen LogP contribution in [0.3, 0.4) is 0 Å². The van der Waals surface area contributed by atoms with E-state index < -0.39 is 0 Å². The molecule has 2 aromatic heterocycles. The minimum absolute atomic E-state index is 0.0786. The SMILES string of the molecule is O=C(Cc1coc2ccc(Cl)cc12)Nc1sc2c(c1C(=O)NCC1CCCO1)CCC2. The van der Waals surface area contributed by atoms with Gasteiger partial charge in [-0.05, 0) is 55.9 Å². The number of thiophene rings is 1. The zero-order valence-electron chi connectivity index (χ0n) is 17.0. The third-order valence-electron chi connectivity index (χ3n) is 5.88. The second-order valence-corrected chi connectivity index (χ2v) is 9.57. The molecule has 162 valence electrons. The molecule has 31 heavy (non-hydrogen) atoms. The van der Waals surface area contributed by atoms with Crippen molar-refractivity contribution in [2.24, 2.45) is 0 Å². The number of amides is 2. The Morgan fingerprint density at radius 2 is 2.13 bits per heavy atom. The Kier molecular flexibility index (Phi) is 5.73. The number of anilines is 1. The summed E-state index contributed by atoms with van der Waals surface area (Å²) < 4.78 is 11.1. The molecule has 2 aliphatic rings. The molecule has 3 aromatic rings. The molecule has 1 unspecified atom stereocenters. The second-order valence-electron chi connectivity index (χ2n) is 8.03. The van der Waals surface area contributed by atoms with Crippen molar-refractivity contribution in [3.8, 4) is 0 Å². The highest BCUT2D eigenvalue weighted by Crippen LogP contribution is 2.39. The van der Waals surface area contributed by atoms with Gasteiger partial charge in [0.25, 0.3) is 5.91 Å². The van der Waals surface area contributed by atoms with Gasteiger partial charge in [-0.25, -0.2) is 0 Å². The highest BCUT2D eigenvalue weighted by atomic mass is 35.5. The normalized spacial score (nSPS) is 17.8. The van der Waals surface area contributed by atoms with E-state index in [2.05, 4.69) is 10.6 Å². The van der Waals surface area contributed by atoms with Crippen molar-refractivity contribution in [1.29, 1.82) is 0 Å². The van der Waals surface area contributed by atoms with E-state index in [4.69, 9.17) is 20.8 Å². The molecule has 1 aliphatic heterocycles. The van der Waals surface area contributed by atoms with E-state index >= 15 is 0 Å². The van der Waals surface area contributed by atoms with E-state index in [-0.39, 0.29) is 24.3 Å². The van der Waals surface area contributed by atoms with Crippen molar-refractivity contribution >= 4 is 50.7 Å². The summed E-state index contributed by atoms with van der Waals surface area (Å²) in [6.45, 7) is 1.25. The quantitative estimate of drug-likeness (QED) is 0.559. The number of hydrogen-bond acceptors (Lipinski definition) is 5. The number of benzene rings is 1. The topological polar surface area (TPSA) is 80.6 Å². The predicted molar refractivity (Wildman–Crippen MR) is 121 cm³/mol. The van der Waals surface area contributed by atoms with Crippen LogP contribution in [0.2, 0.25) is 5.02 Å². The number of halogens is 1.